The smallest absolute Gasteiger partial charge is 0.317 e. The molecule has 0 aromatic carbocycles. The Hall–Kier alpha value is -2.64. The summed E-state index contributed by atoms with van der Waals surface area (Å²) in [4.78, 5) is 26.5. The number of rotatable bonds is 4. The molecule has 0 radical (unpaired) electrons. The first-order chi connectivity index (χ1) is 16.0. The highest BCUT2D eigenvalue weighted by Crippen LogP contribution is 2.55. The summed E-state index contributed by atoms with van der Waals surface area (Å²) in [5.41, 5.74) is 0.924. The Morgan fingerprint density at radius 1 is 1.06 bits per heavy atom. The average molecular weight is 451 g/mol. The van der Waals surface area contributed by atoms with E-state index in [9.17, 15) is 4.79 Å². The van der Waals surface area contributed by atoms with Crippen LogP contribution in [0.3, 0.4) is 0 Å². The molecule has 33 heavy (non-hydrogen) atoms. The highest BCUT2D eigenvalue weighted by atomic mass is 16.5. The maximum absolute atomic E-state index is 13.1. The highest BCUT2D eigenvalue weighted by Gasteiger charge is 2.51. The molecule has 7 rings (SSSR count). The van der Waals surface area contributed by atoms with Crippen molar-refractivity contribution >= 4 is 11.8 Å². The fourth-order valence-corrected chi connectivity index (χ4v) is 7.00. The van der Waals surface area contributed by atoms with E-state index in [2.05, 4.69) is 25.3 Å². The van der Waals surface area contributed by atoms with Gasteiger partial charge in [-0.1, -0.05) is 19.0 Å². The lowest BCUT2D eigenvalue weighted by Gasteiger charge is -2.57. The molecule has 3 heterocycles. The minimum Gasteiger partial charge on any atom is -0.353 e. The van der Waals surface area contributed by atoms with Crippen LogP contribution in [-0.2, 0) is 0 Å². The van der Waals surface area contributed by atoms with Crippen LogP contribution in [0, 0.1) is 17.8 Å². The first-order valence-electron chi connectivity index (χ1n) is 12.6. The third kappa shape index (κ3) is 3.97. The van der Waals surface area contributed by atoms with Gasteiger partial charge in [0.2, 0.25) is 11.7 Å². The number of urea groups is 1. The van der Waals surface area contributed by atoms with Crippen LogP contribution in [0.2, 0.25) is 0 Å². The third-order valence-corrected chi connectivity index (χ3v) is 8.24. The molecule has 8 nitrogen and oxygen atoms in total. The minimum absolute atomic E-state index is 0.0743. The molecule has 0 atom stereocenters. The molecular weight excluding hydrogens is 416 g/mol. The Kier molecular flexibility index (Phi) is 5.07. The van der Waals surface area contributed by atoms with Crippen LogP contribution in [-0.4, -0.2) is 57.8 Å². The van der Waals surface area contributed by atoms with E-state index in [1.54, 1.807) is 6.20 Å². The van der Waals surface area contributed by atoms with Gasteiger partial charge in [0.05, 0.1) is 0 Å². The molecule has 0 spiro atoms. The largest absolute Gasteiger partial charge is 0.353 e. The molecule has 8 heteroatoms. The van der Waals surface area contributed by atoms with Crippen molar-refractivity contribution in [3.8, 4) is 11.4 Å². The lowest BCUT2D eigenvalue weighted by Crippen LogP contribution is -2.63. The predicted octanol–water partition coefficient (Wildman–Crippen LogP) is 4.06. The van der Waals surface area contributed by atoms with Gasteiger partial charge in [-0.2, -0.15) is 4.98 Å². The molecule has 176 valence electrons. The molecule has 0 unspecified atom stereocenters. The number of carbonyl (C=O) groups is 1. The number of amides is 2. The third-order valence-electron chi connectivity index (χ3n) is 8.24. The van der Waals surface area contributed by atoms with Gasteiger partial charge in [0.25, 0.3) is 0 Å². The first kappa shape index (κ1) is 20.9. The van der Waals surface area contributed by atoms with Crippen LogP contribution in [0.1, 0.15) is 64.2 Å². The second-order valence-corrected chi connectivity index (χ2v) is 11.1. The number of nitrogens with zero attached hydrogens (tertiary/aromatic N) is 5. The Balaban J connectivity index is 1.05. The molecule has 4 bridgehead atoms. The second kappa shape index (κ2) is 7.99. The number of nitrogens with one attached hydrogen (secondary N) is 1. The number of hydrogen-bond donors (Lipinski definition) is 1. The van der Waals surface area contributed by atoms with Crippen LogP contribution in [0.25, 0.3) is 11.4 Å². The molecular formula is C25H34N6O2. The standard InChI is InChI=1S/C25H34N6O2/c1-16(2)23-27-22(29-33-23)20-3-4-21(26-15-20)30-5-7-31(8-6-30)24(32)28-25-12-17-9-18(13-25)11-19(10-17)14-25/h3-4,15-19H,5-14H2,1-2H3,(H,28,32). The van der Waals surface area contributed by atoms with E-state index in [1.165, 1.54) is 38.5 Å². The molecule has 5 aliphatic rings. The summed E-state index contributed by atoms with van der Waals surface area (Å²) in [6.45, 7) is 7.10. The molecule has 2 amide bonds. The summed E-state index contributed by atoms with van der Waals surface area (Å²) in [6.07, 6.45) is 9.57. The lowest BCUT2D eigenvalue weighted by atomic mass is 9.53. The van der Waals surface area contributed by atoms with Gasteiger partial charge in [-0.25, -0.2) is 9.78 Å². The fraction of sp³-hybridized carbons (Fsp3) is 0.680. The van der Waals surface area contributed by atoms with Crippen LogP contribution in [0.4, 0.5) is 10.6 Å². The van der Waals surface area contributed by atoms with E-state index in [-0.39, 0.29) is 17.5 Å². The summed E-state index contributed by atoms with van der Waals surface area (Å²) in [6, 6.07) is 4.13. The summed E-state index contributed by atoms with van der Waals surface area (Å²) in [5, 5.41) is 7.58. The zero-order chi connectivity index (χ0) is 22.6. The predicted molar refractivity (Wildman–Crippen MR) is 125 cm³/mol. The highest BCUT2D eigenvalue weighted by molar-refractivity contribution is 5.75. The van der Waals surface area contributed by atoms with Gasteiger partial charge >= 0.3 is 6.03 Å². The van der Waals surface area contributed by atoms with Crippen molar-refractivity contribution in [3.63, 3.8) is 0 Å². The van der Waals surface area contributed by atoms with Gasteiger partial charge in [0, 0.05) is 49.4 Å². The van der Waals surface area contributed by atoms with E-state index in [1.807, 2.05) is 30.9 Å². The number of carbonyl (C=O) groups excluding carboxylic acids is 1. The monoisotopic (exact) mass is 450 g/mol. The second-order valence-electron chi connectivity index (χ2n) is 11.1. The van der Waals surface area contributed by atoms with Crippen molar-refractivity contribution in [3.05, 3.63) is 24.2 Å². The van der Waals surface area contributed by atoms with Crippen molar-refractivity contribution < 1.29 is 9.32 Å². The van der Waals surface area contributed by atoms with Gasteiger partial charge in [-0.15, -0.1) is 0 Å². The first-order valence-corrected chi connectivity index (χ1v) is 12.6. The zero-order valence-electron chi connectivity index (χ0n) is 19.7. The minimum atomic E-state index is 0.0743. The molecule has 2 aromatic heterocycles. The van der Waals surface area contributed by atoms with Gasteiger partial charge in [-0.3, -0.25) is 0 Å². The fourth-order valence-electron chi connectivity index (χ4n) is 7.00. The van der Waals surface area contributed by atoms with E-state index >= 15 is 0 Å². The van der Waals surface area contributed by atoms with E-state index in [0.717, 1.165) is 55.3 Å². The molecule has 4 aliphatic carbocycles. The van der Waals surface area contributed by atoms with Gasteiger partial charge < -0.3 is 19.6 Å². The normalized spacial score (nSPS) is 30.8. The lowest BCUT2D eigenvalue weighted by molar-refractivity contribution is -0.0157. The molecule has 1 aliphatic heterocycles. The summed E-state index contributed by atoms with van der Waals surface area (Å²) in [5.74, 6) is 4.86. The van der Waals surface area contributed by atoms with E-state index < -0.39 is 0 Å². The number of piperazine rings is 1. The Morgan fingerprint density at radius 3 is 2.27 bits per heavy atom. The zero-order valence-corrected chi connectivity index (χ0v) is 19.7. The number of pyridine rings is 1. The number of hydrogen-bond acceptors (Lipinski definition) is 6. The molecule has 1 saturated heterocycles. The van der Waals surface area contributed by atoms with Gasteiger partial charge in [-0.05, 0) is 68.4 Å². The van der Waals surface area contributed by atoms with Crippen molar-refractivity contribution in [2.24, 2.45) is 17.8 Å². The van der Waals surface area contributed by atoms with Crippen molar-refractivity contribution in [2.45, 2.75) is 63.8 Å². The van der Waals surface area contributed by atoms with Crippen LogP contribution < -0.4 is 10.2 Å². The van der Waals surface area contributed by atoms with Gasteiger partial charge in [0.1, 0.15) is 5.82 Å². The maximum Gasteiger partial charge on any atom is 0.317 e. The van der Waals surface area contributed by atoms with E-state index in [0.29, 0.717) is 11.7 Å². The topological polar surface area (TPSA) is 87.4 Å². The van der Waals surface area contributed by atoms with Crippen molar-refractivity contribution in [1.82, 2.24) is 25.3 Å². The maximum atomic E-state index is 13.1. The Bertz CT molecular complexity index is 973. The van der Waals surface area contributed by atoms with E-state index in [4.69, 9.17) is 4.52 Å². The van der Waals surface area contributed by atoms with Crippen molar-refractivity contribution in [2.75, 3.05) is 31.1 Å². The molecule has 1 N–H and O–H groups in total. The Labute approximate surface area is 195 Å². The molecule has 4 saturated carbocycles. The van der Waals surface area contributed by atoms with Crippen LogP contribution in [0.5, 0.6) is 0 Å². The average Bonchev–Trinajstić information content (AvgIpc) is 3.29. The van der Waals surface area contributed by atoms with Gasteiger partial charge in [0.15, 0.2) is 0 Å². The quantitative estimate of drug-likeness (QED) is 0.756. The number of aromatic nitrogens is 3. The number of anilines is 1. The SMILES string of the molecule is CC(C)c1nc(-c2ccc(N3CCN(C(=O)NC45CC6CC(CC(C6)C4)C5)CC3)nc2)no1. The summed E-state index contributed by atoms with van der Waals surface area (Å²) in [7, 11) is 0. The summed E-state index contributed by atoms with van der Waals surface area (Å²) >= 11 is 0. The molecule has 2 aromatic rings. The van der Waals surface area contributed by atoms with Crippen molar-refractivity contribution in [1.29, 1.82) is 0 Å². The molecule has 5 fully saturated rings. The summed E-state index contributed by atoms with van der Waals surface area (Å²) < 4.78 is 5.31. The van der Waals surface area contributed by atoms with Crippen LogP contribution >= 0.6 is 0 Å². The van der Waals surface area contributed by atoms with Crippen LogP contribution in [0.15, 0.2) is 22.9 Å². The Morgan fingerprint density at radius 2 is 1.73 bits per heavy atom.